The van der Waals surface area contributed by atoms with Gasteiger partial charge in [-0.05, 0) is 39.5 Å². The highest BCUT2D eigenvalue weighted by Gasteiger charge is 2.17. The summed E-state index contributed by atoms with van der Waals surface area (Å²) in [7, 11) is 0. The summed E-state index contributed by atoms with van der Waals surface area (Å²) in [4.78, 5) is 22.4. The molecule has 8 heteroatoms. The van der Waals surface area contributed by atoms with E-state index >= 15 is 0 Å². The number of amides is 1. The van der Waals surface area contributed by atoms with E-state index < -0.39 is 0 Å². The highest BCUT2D eigenvalue weighted by atomic mass is 127. The van der Waals surface area contributed by atoms with Crippen LogP contribution in [-0.2, 0) is 11.2 Å². The lowest BCUT2D eigenvalue weighted by molar-refractivity contribution is -0.121. The highest BCUT2D eigenvalue weighted by molar-refractivity contribution is 14.0. The van der Waals surface area contributed by atoms with Crippen molar-refractivity contribution in [3.8, 4) is 0 Å². The van der Waals surface area contributed by atoms with Crippen LogP contribution in [0.4, 0.5) is 0 Å². The van der Waals surface area contributed by atoms with Crippen molar-refractivity contribution >= 4 is 47.2 Å². The Hall–Kier alpha value is -0.900. The van der Waals surface area contributed by atoms with E-state index in [2.05, 4.69) is 32.9 Å². The number of nitrogens with one attached hydrogen (secondary N) is 3. The molecule has 1 fully saturated rings. The van der Waals surface area contributed by atoms with Gasteiger partial charge in [0.25, 0.3) is 0 Å². The Labute approximate surface area is 184 Å². The van der Waals surface area contributed by atoms with Crippen molar-refractivity contribution in [3.63, 3.8) is 0 Å². The number of halogens is 1. The summed E-state index contributed by atoms with van der Waals surface area (Å²) in [6.07, 6.45) is 6.52. The van der Waals surface area contributed by atoms with Gasteiger partial charge in [-0.15, -0.1) is 35.3 Å². The summed E-state index contributed by atoms with van der Waals surface area (Å²) in [5, 5.41) is 10.7. The summed E-state index contributed by atoms with van der Waals surface area (Å²) in [6.45, 7) is 9.02. The van der Waals surface area contributed by atoms with E-state index in [0.29, 0.717) is 32.0 Å². The first-order chi connectivity index (χ1) is 12.6. The maximum atomic E-state index is 11.9. The zero-order valence-electron chi connectivity index (χ0n) is 16.8. The molecule has 1 heterocycles. The summed E-state index contributed by atoms with van der Waals surface area (Å²) >= 11 is 1.75. The highest BCUT2D eigenvalue weighted by Crippen LogP contribution is 2.27. The van der Waals surface area contributed by atoms with Gasteiger partial charge >= 0.3 is 0 Å². The average molecular weight is 507 g/mol. The van der Waals surface area contributed by atoms with Gasteiger partial charge in [0.2, 0.25) is 5.91 Å². The van der Waals surface area contributed by atoms with Gasteiger partial charge in [-0.3, -0.25) is 9.79 Å². The number of hydrogen-bond acceptors (Lipinski definition) is 4. The standard InChI is InChI=1S/C19H33N5OS.HI/c1-4-20-19(22-10-9-18-24-14(2)15(3)26-18)23-12-11-21-17(25)13-16-7-5-6-8-16;/h16H,4-13H2,1-3H3,(H,21,25)(H2,20,22,23);1H. The summed E-state index contributed by atoms with van der Waals surface area (Å²) in [6, 6.07) is 0. The maximum absolute atomic E-state index is 11.9. The molecule has 154 valence electrons. The smallest absolute Gasteiger partial charge is 0.220 e. The number of aromatic nitrogens is 1. The van der Waals surface area contributed by atoms with Gasteiger partial charge < -0.3 is 16.0 Å². The average Bonchev–Trinajstić information content (AvgIpc) is 3.21. The van der Waals surface area contributed by atoms with Crippen molar-refractivity contribution < 1.29 is 4.79 Å². The van der Waals surface area contributed by atoms with E-state index in [4.69, 9.17) is 0 Å². The quantitative estimate of drug-likeness (QED) is 0.208. The molecular formula is C19H34IN5OS. The molecule has 0 aromatic carbocycles. The van der Waals surface area contributed by atoms with Crippen LogP contribution in [0, 0.1) is 19.8 Å². The van der Waals surface area contributed by atoms with Gasteiger partial charge in [0.05, 0.1) is 10.7 Å². The minimum Gasteiger partial charge on any atom is -0.357 e. The van der Waals surface area contributed by atoms with Crippen LogP contribution < -0.4 is 16.0 Å². The lowest BCUT2D eigenvalue weighted by Gasteiger charge is -2.13. The number of nitrogens with zero attached hydrogens (tertiary/aromatic N) is 2. The van der Waals surface area contributed by atoms with Crippen LogP contribution in [0.1, 0.15) is 54.6 Å². The van der Waals surface area contributed by atoms with Crippen LogP contribution in [0.25, 0.3) is 0 Å². The number of aliphatic imine (C=N–C) groups is 1. The van der Waals surface area contributed by atoms with Crippen molar-refractivity contribution in [2.75, 3.05) is 26.2 Å². The molecule has 1 saturated carbocycles. The number of hydrogen-bond donors (Lipinski definition) is 3. The number of carbonyl (C=O) groups excluding carboxylic acids is 1. The molecule has 0 atom stereocenters. The molecule has 0 unspecified atom stereocenters. The molecule has 6 nitrogen and oxygen atoms in total. The van der Waals surface area contributed by atoms with Crippen LogP contribution in [0.3, 0.4) is 0 Å². The lowest BCUT2D eigenvalue weighted by Crippen LogP contribution is -2.41. The number of rotatable bonds is 9. The molecule has 1 aromatic heterocycles. The van der Waals surface area contributed by atoms with E-state index in [9.17, 15) is 4.79 Å². The zero-order valence-corrected chi connectivity index (χ0v) is 19.9. The predicted octanol–water partition coefficient (Wildman–Crippen LogP) is 3.17. The van der Waals surface area contributed by atoms with Gasteiger partial charge in [-0.2, -0.15) is 0 Å². The second-order valence-electron chi connectivity index (χ2n) is 6.89. The van der Waals surface area contributed by atoms with E-state index in [-0.39, 0.29) is 29.9 Å². The summed E-state index contributed by atoms with van der Waals surface area (Å²) in [5.74, 6) is 1.57. The molecule has 1 aliphatic rings. The molecule has 1 aromatic rings. The summed E-state index contributed by atoms with van der Waals surface area (Å²) in [5.41, 5.74) is 1.12. The Morgan fingerprint density at radius 2 is 1.89 bits per heavy atom. The summed E-state index contributed by atoms with van der Waals surface area (Å²) < 4.78 is 0. The SMILES string of the molecule is CCNC(=NCCc1nc(C)c(C)s1)NCCNC(=O)CC1CCCC1.I. The number of aryl methyl sites for hydroxylation is 2. The molecule has 3 N–H and O–H groups in total. The number of thiazole rings is 1. The second kappa shape index (κ2) is 13.3. The third-order valence-corrected chi connectivity index (χ3v) is 5.83. The van der Waals surface area contributed by atoms with E-state index in [0.717, 1.165) is 29.6 Å². The Kier molecular flexibility index (Phi) is 11.9. The molecular weight excluding hydrogens is 473 g/mol. The first-order valence-corrected chi connectivity index (χ1v) is 10.6. The van der Waals surface area contributed by atoms with Crippen molar-refractivity contribution in [1.82, 2.24) is 20.9 Å². The predicted molar refractivity (Wildman–Crippen MR) is 124 cm³/mol. The van der Waals surface area contributed by atoms with Crippen molar-refractivity contribution in [2.24, 2.45) is 10.9 Å². The minimum absolute atomic E-state index is 0. The second-order valence-corrected chi connectivity index (χ2v) is 8.18. The third kappa shape index (κ3) is 9.23. The van der Waals surface area contributed by atoms with Crippen LogP contribution in [0.15, 0.2) is 4.99 Å². The molecule has 1 amide bonds. The Bertz CT molecular complexity index is 579. The monoisotopic (exact) mass is 507 g/mol. The largest absolute Gasteiger partial charge is 0.357 e. The van der Waals surface area contributed by atoms with Crippen LogP contribution in [0.2, 0.25) is 0 Å². The zero-order chi connectivity index (χ0) is 18.8. The fraction of sp³-hybridized carbons (Fsp3) is 0.737. The minimum atomic E-state index is 0. The first-order valence-electron chi connectivity index (χ1n) is 9.80. The molecule has 0 bridgehead atoms. The normalized spacial score (nSPS) is 14.7. The van der Waals surface area contributed by atoms with Gasteiger partial charge in [0, 0.05) is 43.9 Å². The van der Waals surface area contributed by atoms with Gasteiger partial charge in [0.15, 0.2) is 5.96 Å². The van der Waals surface area contributed by atoms with Gasteiger partial charge in [0.1, 0.15) is 0 Å². The van der Waals surface area contributed by atoms with Crippen LogP contribution in [0.5, 0.6) is 0 Å². The Balaban J connectivity index is 0.00000364. The third-order valence-electron chi connectivity index (χ3n) is 4.70. The lowest BCUT2D eigenvalue weighted by atomic mass is 10.0. The molecule has 0 saturated heterocycles. The number of carbonyl (C=O) groups is 1. The Morgan fingerprint density at radius 1 is 1.19 bits per heavy atom. The van der Waals surface area contributed by atoms with E-state index in [1.807, 2.05) is 13.8 Å². The molecule has 0 radical (unpaired) electrons. The van der Waals surface area contributed by atoms with Crippen molar-refractivity contribution in [1.29, 1.82) is 0 Å². The fourth-order valence-corrected chi connectivity index (χ4v) is 4.11. The topological polar surface area (TPSA) is 78.4 Å². The van der Waals surface area contributed by atoms with Gasteiger partial charge in [-0.25, -0.2) is 4.98 Å². The van der Waals surface area contributed by atoms with Crippen molar-refractivity contribution in [3.05, 3.63) is 15.6 Å². The van der Waals surface area contributed by atoms with Crippen LogP contribution >= 0.6 is 35.3 Å². The van der Waals surface area contributed by atoms with Crippen molar-refractivity contribution in [2.45, 2.75) is 59.3 Å². The molecule has 2 rings (SSSR count). The molecule has 0 aliphatic heterocycles. The maximum Gasteiger partial charge on any atom is 0.220 e. The first kappa shape index (κ1) is 24.1. The van der Waals surface area contributed by atoms with Crippen LogP contribution in [-0.4, -0.2) is 43.0 Å². The Morgan fingerprint density at radius 3 is 2.52 bits per heavy atom. The molecule has 27 heavy (non-hydrogen) atoms. The van der Waals surface area contributed by atoms with E-state index in [1.165, 1.54) is 30.6 Å². The van der Waals surface area contributed by atoms with Gasteiger partial charge in [-0.1, -0.05) is 12.8 Å². The van der Waals surface area contributed by atoms with E-state index in [1.54, 1.807) is 11.3 Å². The molecule has 0 spiro atoms. The molecule has 1 aliphatic carbocycles. The number of guanidine groups is 1. The fourth-order valence-electron chi connectivity index (χ4n) is 3.18.